The van der Waals surface area contributed by atoms with Gasteiger partial charge < -0.3 is 15.4 Å². The van der Waals surface area contributed by atoms with Crippen molar-refractivity contribution in [3.63, 3.8) is 0 Å². The van der Waals surface area contributed by atoms with Crippen molar-refractivity contribution in [3.8, 4) is 0 Å². The maximum atomic E-state index is 12.2. The summed E-state index contributed by atoms with van der Waals surface area (Å²) < 4.78 is 4.89. The third-order valence-electron chi connectivity index (χ3n) is 3.53. The van der Waals surface area contributed by atoms with E-state index >= 15 is 0 Å². The van der Waals surface area contributed by atoms with Gasteiger partial charge in [-0.25, -0.2) is 0 Å². The standard InChI is InChI=1S/C16H21N3O4/c1-11-3-4-12-13(9-11)16(22)19(15(12)21)10-14(20)18-6-5-17-7-8-23-2/h3-4,9,17H,5-8,10H2,1-2H3,(H,18,20). The van der Waals surface area contributed by atoms with Gasteiger partial charge in [-0.3, -0.25) is 19.3 Å². The minimum absolute atomic E-state index is 0.260. The number of nitrogens with one attached hydrogen (secondary N) is 2. The van der Waals surface area contributed by atoms with E-state index < -0.39 is 11.8 Å². The summed E-state index contributed by atoms with van der Waals surface area (Å²) in [4.78, 5) is 37.3. The Balaban J connectivity index is 1.83. The van der Waals surface area contributed by atoms with Crippen molar-refractivity contribution in [1.29, 1.82) is 0 Å². The van der Waals surface area contributed by atoms with Crippen molar-refractivity contribution in [2.45, 2.75) is 6.92 Å². The molecule has 0 saturated heterocycles. The Labute approximate surface area is 135 Å². The molecule has 2 N–H and O–H groups in total. The van der Waals surface area contributed by atoms with Gasteiger partial charge >= 0.3 is 0 Å². The third kappa shape index (κ3) is 4.14. The number of aryl methyl sites for hydroxylation is 1. The number of hydrogen-bond donors (Lipinski definition) is 2. The van der Waals surface area contributed by atoms with Crippen molar-refractivity contribution >= 4 is 17.7 Å². The highest BCUT2D eigenvalue weighted by molar-refractivity contribution is 6.22. The van der Waals surface area contributed by atoms with Crippen molar-refractivity contribution < 1.29 is 19.1 Å². The largest absolute Gasteiger partial charge is 0.383 e. The Morgan fingerprint density at radius 1 is 1.13 bits per heavy atom. The van der Waals surface area contributed by atoms with Gasteiger partial charge in [-0.2, -0.15) is 0 Å². The van der Waals surface area contributed by atoms with E-state index in [2.05, 4.69) is 10.6 Å². The normalized spacial score (nSPS) is 13.4. The predicted octanol–water partition coefficient (Wildman–Crippen LogP) is -0.0568. The Bertz CT molecular complexity index is 615. The van der Waals surface area contributed by atoms with Gasteiger partial charge in [0.05, 0.1) is 17.7 Å². The lowest BCUT2D eigenvalue weighted by atomic mass is 10.1. The first-order valence-corrected chi connectivity index (χ1v) is 7.47. The smallest absolute Gasteiger partial charge is 0.262 e. The first-order chi connectivity index (χ1) is 11.0. The molecule has 7 nitrogen and oxygen atoms in total. The Hall–Kier alpha value is -2.25. The first kappa shape index (κ1) is 17.1. The maximum Gasteiger partial charge on any atom is 0.262 e. The van der Waals surface area contributed by atoms with E-state index in [0.29, 0.717) is 37.4 Å². The molecule has 124 valence electrons. The van der Waals surface area contributed by atoms with Gasteiger partial charge in [0.2, 0.25) is 5.91 Å². The second-order valence-electron chi connectivity index (χ2n) is 5.34. The number of imide groups is 1. The highest BCUT2D eigenvalue weighted by atomic mass is 16.5. The molecule has 0 bridgehead atoms. The molecule has 0 saturated carbocycles. The number of fused-ring (bicyclic) bond motifs is 1. The second kappa shape index (κ2) is 7.85. The molecule has 1 aliphatic heterocycles. The van der Waals surface area contributed by atoms with Gasteiger partial charge in [-0.15, -0.1) is 0 Å². The quantitative estimate of drug-likeness (QED) is 0.518. The average Bonchev–Trinajstić information content (AvgIpc) is 2.75. The Morgan fingerprint density at radius 3 is 2.61 bits per heavy atom. The highest BCUT2D eigenvalue weighted by Crippen LogP contribution is 2.23. The van der Waals surface area contributed by atoms with Crippen molar-refractivity contribution in [3.05, 3.63) is 34.9 Å². The van der Waals surface area contributed by atoms with Crippen molar-refractivity contribution in [2.24, 2.45) is 0 Å². The van der Waals surface area contributed by atoms with Gasteiger partial charge in [0, 0.05) is 26.7 Å². The first-order valence-electron chi connectivity index (χ1n) is 7.47. The minimum Gasteiger partial charge on any atom is -0.383 e. The summed E-state index contributed by atoms with van der Waals surface area (Å²) in [6.07, 6.45) is 0. The minimum atomic E-state index is -0.418. The van der Waals surface area contributed by atoms with Gasteiger partial charge in [0.15, 0.2) is 0 Å². The van der Waals surface area contributed by atoms with Crippen LogP contribution in [0.3, 0.4) is 0 Å². The number of methoxy groups -OCH3 is 1. The van der Waals surface area contributed by atoms with Crippen LogP contribution in [0, 0.1) is 6.92 Å². The number of ether oxygens (including phenoxy) is 1. The molecule has 0 aromatic heterocycles. The number of carbonyl (C=O) groups is 3. The van der Waals surface area contributed by atoms with E-state index in [1.54, 1.807) is 25.3 Å². The SMILES string of the molecule is COCCNCCNC(=O)CN1C(=O)c2ccc(C)cc2C1=O. The maximum absolute atomic E-state index is 12.2. The van der Waals surface area contributed by atoms with Crippen molar-refractivity contribution in [1.82, 2.24) is 15.5 Å². The fourth-order valence-electron chi connectivity index (χ4n) is 2.34. The van der Waals surface area contributed by atoms with Crippen LogP contribution in [0.2, 0.25) is 0 Å². The van der Waals surface area contributed by atoms with E-state index in [4.69, 9.17) is 4.74 Å². The fourth-order valence-corrected chi connectivity index (χ4v) is 2.34. The van der Waals surface area contributed by atoms with Crippen LogP contribution in [0.25, 0.3) is 0 Å². The topological polar surface area (TPSA) is 87.7 Å². The molecule has 0 aliphatic carbocycles. The van der Waals surface area contributed by atoms with E-state index in [1.807, 2.05) is 6.92 Å². The van der Waals surface area contributed by atoms with Crippen LogP contribution < -0.4 is 10.6 Å². The van der Waals surface area contributed by atoms with Crippen LogP contribution in [-0.4, -0.2) is 62.5 Å². The lowest BCUT2D eigenvalue weighted by Gasteiger charge is -2.13. The summed E-state index contributed by atoms with van der Waals surface area (Å²) in [6.45, 7) is 3.90. The number of hydrogen-bond acceptors (Lipinski definition) is 5. The zero-order chi connectivity index (χ0) is 16.8. The summed E-state index contributed by atoms with van der Waals surface area (Å²) in [5.74, 6) is -1.19. The molecule has 23 heavy (non-hydrogen) atoms. The molecule has 7 heteroatoms. The van der Waals surface area contributed by atoms with E-state index in [1.165, 1.54) is 0 Å². The number of rotatable bonds is 8. The summed E-state index contributed by atoms with van der Waals surface area (Å²) in [5, 5.41) is 5.76. The monoisotopic (exact) mass is 319 g/mol. The summed E-state index contributed by atoms with van der Waals surface area (Å²) >= 11 is 0. The zero-order valence-electron chi connectivity index (χ0n) is 13.3. The van der Waals surface area contributed by atoms with Crippen LogP contribution in [0.1, 0.15) is 26.3 Å². The fraction of sp³-hybridized carbons (Fsp3) is 0.438. The molecule has 0 radical (unpaired) electrons. The highest BCUT2D eigenvalue weighted by Gasteiger charge is 2.36. The Morgan fingerprint density at radius 2 is 1.87 bits per heavy atom. The van der Waals surface area contributed by atoms with Crippen molar-refractivity contribution in [2.75, 3.05) is 39.9 Å². The Kier molecular flexibility index (Phi) is 5.84. The van der Waals surface area contributed by atoms with E-state index in [9.17, 15) is 14.4 Å². The molecule has 0 atom stereocenters. The second-order valence-corrected chi connectivity index (χ2v) is 5.34. The molecule has 0 fully saturated rings. The molecule has 0 unspecified atom stereocenters. The van der Waals surface area contributed by atoms with Gasteiger partial charge in [-0.1, -0.05) is 11.6 Å². The molecule has 1 aliphatic rings. The van der Waals surface area contributed by atoms with Gasteiger partial charge in [-0.05, 0) is 19.1 Å². The van der Waals surface area contributed by atoms with Crippen LogP contribution >= 0.6 is 0 Å². The average molecular weight is 319 g/mol. The van der Waals surface area contributed by atoms with Gasteiger partial charge in [0.25, 0.3) is 11.8 Å². The van der Waals surface area contributed by atoms with Gasteiger partial charge in [0.1, 0.15) is 6.54 Å². The number of amides is 3. The molecule has 0 spiro atoms. The summed E-state index contributed by atoms with van der Waals surface area (Å²) in [7, 11) is 1.62. The summed E-state index contributed by atoms with van der Waals surface area (Å²) in [6, 6.07) is 5.08. The molecule has 3 amide bonds. The number of benzene rings is 1. The molecular weight excluding hydrogens is 298 g/mol. The lowest BCUT2D eigenvalue weighted by Crippen LogP contribution is -2.42. The molecule has 1 heterocycles. The third-order valence-corrected chi connectivity index (χ3v) is 3.53. The van der Waals surface area contributed by atoms with E-state index in [-0.39, 0.29) is 12.5 Å². The molecule has 1 aromatic rings. The zero-order valence-corrected chi connectivity index (χ0v) is 13.3. The summed E-state index contributed by atoms with van der Waals surface area (Å²) in [5.41, 5.74) is 1.62. The molecule has 2 rings (SSSR count). The van der Waals surface area contributed by atoms with Crippen LogP contribution in [0.4, 0.5) is 0 Å². The van der Waals surface area contributed by atoms with Crippen LogP contribution in [0.5, 0.6) is 0 Å². The predicted molar refractivity (Wildman–Crippen MR) is 84.3 cm³/mol. The lowest BCUT2D eigenvalue weighted by molar-refractivity contribution is -0.121. The molecule has 1 aromatic carbocycles. The number of carbonyl (C=O) groups excluding carboxylic acids is 3. The van der Waals surface area contributed by atoms with Crippen LogP contribution in [0.15, 0.2) is 18.2 Å². The van der Waals surface area contributed by atoms with E-state index in [0.717, 1.165) is 10.5 Å². The van der Waals surface area contributed by atoms with Crippen LogP contribution in [-0.2, 0) is 9.53 Å². The number of nitrogens with zero attached hydrogens (tertiary/aromatic N) is 1. The molecular formula is C16H21N3O4.